The summed E-state index contributed by atoms with van der Waals surface area (Å²) in [6.07, 6.45) is 4.52. The van der Waals surface area contributed by atoms with Crippen LogP contribution in [0.15, 0.2) is 0 Å². The number of piperidine rings is 1. The largest absolute Gasteiger partial charge is 0.385 e. The Morgan fingerprint density at radius 2 is 2.26 bits per heavy atom. The molecule has 1 saturated heterocycles. The molecule has 0 aromatic heterocycles. The molecule has 1 heterocycles. The number of hydrogen-bond acceptors (Lipinski definition) is 4. The summed E-state index contributed by atoms with van der Waals surface area (Å²) in [5.41, 5.74) is 0. The molecule has 0 aromatic carbocycles. The number of likely N-dealkylation sites (N-methyl/N-ethyl adjacent to an activating group) is 1. The molecule has 5 heteroatoms. The van der Waals surface area contributed by atoms with Crippen molar-refractivity contribution in [3.05, 3.63) is 0 Å². The number of likely N-dealkylation sites (tertiary alicyclic amines) is 1. The zero-order chi connectivity index (χ0) is 14.1. The van der Waals surface area contributed by atoms with Crippen LogP contribution in [0, 0.1) is 0 Å². The van der Waals surface area contributed by atoms with Gasteiger partial charge < -0.3 is 15.4 Å². The van der Waals surface area contributed by atoms with Crippen LogP contribution in [-0.4, -0.2) is 63.3 Å². The van der Waals surface area contributed by atoms with Crippen LogP contribution in [0.25, 0.3) is 0 Å². The van der Waals surface area contributed by atoms with Crippen LogP contribution in [0.2, 0.25) is 0 Å². The summed E-state index contributed by atoms with van der Waals surface area (Å²) in [4.78, 5) is 14.5. The van der Waals surface area contributed by atoms with E-state index < -0.39 is 0 Å². The number of amides is 1. The van der Waals surface area contributed by atoms with E-state index in [0.717, 1.165) is 19.5 Å². The fourth-order valence-electron chi connectivity index (χ4n) is 2.71. The molecule has 0 radical (unpaired) electrons. The number of carbonyl (C=O) groups is 1. The minimum Gasteiger partial charge on any atom is -0.385 e. The van der Waals surface area contributed by atoms with E-state index >= 15 is 0 Å². The molecule has 1 fully saturated rings. The lowest BCUT2D eigenvalue weighted by molar-refractivity contribution is -0.127. The fraction of sp³-hybridized carbons (Fsp3) is 0.929. The minimum atomic E-state index is -0.0406. The van der Waals surface area contributed by atoms with Gasteiger partial charge in [-0.05, 0) is 39.8 Å². The summed E-state index contributed by atoms with van der Waals surface area (Å²) >= 11 is 0. The molecule has 1 rings (SSSR count). The number of rotatable bonds is 8. The monoisotopic (exact) mass is 271 g/mol. The van der Waals surface area contributed by atoms with Gasteiger partial charge in [0, 0.05) is 32.8 Å². The standard InChI is InChI=1S/C14H29N3O2/c1-12(14(18)16-8-6-10-19-3)17-9-5-4-7-13(17)11-15-2/h12-13,15H,4-11H2,1-3H3,(H,16,18). The van der Waals surface area contributed by atoms with Crippen molar-refractivity contribution in [1.82, 2.24) is 15.5 Å². The Morgan fingerprint density at radius 1 is 1.47 bits per heavy atom. The van der Waals surface area contributed by atoms with Crippen molar-refractivity contribution >= 4 is 5.91 Å². The highest BCUT2D eigenvalue weighted by Gasteiger charge is 2.29. The molecule has 5 nitrogen and oxygen atoms in total. The predicted molar refractivity (Wildman–Crippen MR) is 77.2 cm³/mol. The molecule has 0 aliphatic carbocycles. The Labute approximate surface area is 117 Å². The van der Waals surface area contributed by atoms with E-state index in [1.807, 2.05) is 14.0 Å². The topological polar surface area (TPSA) is 53.6 Å². The van der Waals surface area contributed by atoms with Crippen LogP contribution in [0.1, 0.15) is 32.6 Å². The van der Waals surface area contributed by atoms with Crippen LogP contribution >= 0.6 is 0 Å². The van der Waals surface area contributed by atoms with Crippen molar-refractivity contribution in [3.63, 3.8) is 0 Å². The van der Waals surface area contributed by atoms with Gasteiger partial charge in [0.05, 0.1) is 6.04 Å². The quantitative estimate of drug-likeness (QED) is 0.635. The average molecular weight is 271 g/mol. The van der Waals surface area contributed by atoms with Gasteiger partial charge >= 0.3 is 0 Å². The van der Waals surface area contributed by atoms with E-state index in [2.05, 4.69) is 15.5 Å². The van der Waals surface area contributed by atoms with E-state index in [1.54, 1.807) is 7.11 Å². The number of nitrogens with one attached hydrogen (secondary N) is 2. The summed E-state index contributed by atoms with van der Waals surface area (Å²) < 4.78 is 4.98. The molecular weight excluding hydrogens is 242 g/mol. The third kappa shape index (κ3) is 5.47. The predicted octanol–water partition coefficient (Wildman–Crippen LogP) is 0.602. The highest BCUT2D eigenvalue weighted by molar-refractivity contribution is 5.81. The fourth-order valence-corrected chi connectivity index (χ4v) is 2.71. The van der Waals surface area contributed by atoms with Gasteiger partial charge in [-0.2, -0.15) is 0 Å². The van der Waals surface area contributed by atoms with E-state index in [4.69, 9.17) is 4.74 Å². The van der Waals surface area contributed by atoms with Crippen molar-refractivity contribution < 1.29 is 9.53 Å². The molecule has 0 aromatic rings. The van der Waals surface area contributed by atoms with Gasteiger partial charge in [0.15, 0.2) is 0 Å². The summed E-state index contributed by atoms with van der Waals surface area (Å²) in [6, 6.07) is 0.444. The third-order valence-corrected chi connectivity index (χ3v) is 3.81. The molecule has 2 unspecified atom stereocenters. The molecule has 1 aliphatic heterocycles. The van der Waals surface area contributed by atoms with E-state index in [-0.39, 0.29) is 11.9 Å². The van der Waals surface area contributed by atoms with Crippen molar-refractivity contribution in [2.45, 2.75) is 44.7 Å². The van der Waals surface area contributed by atoms with Gasteiger partial charge in [0.2, 0.25) is 5.91 Å². The first kappa shape index (κ1) is 16.4. The van der Waals surface area contributed by atoms with Gasteiger partial charge in [0.25, 0.3) is 0 Å². The Balaban J connectivity index is 2.39. The lowest BCUT2D eigenvalue weighted by Crippen LogP contribution is -2.54. The lowest BCUT2D eigenvalue weighted by atomic mass is 9.99. The summed E-state index contributed by atoms with van der Waals surface area (Å²) in [5, 5.41) is 6.23. The highest BCUT2D eigenvalue weighted by Crippen LogP contribution is 2.19. The second kappa shape index (κ2) is 9.28. The highest BCUT2D eigenvalue weighted by atomic mass is 16.5. The molecule has 0 spiro atoms. The molecule has 19 heavy (non-hydrogen) atoms. The zero-order valence-electron chi connectivity index (χ0n) is 12.6. The molecule has 2 atom stereocenters. The molecule has 0 bridgehead atoms. The maximum Gasteiger partial charge on any atom is 0.237 e. The molecule has 1 aliphatic rings. The van der Waals surface area contributed by atoms with Crippen LogP contribution < -0.4 is 10.6 Å². The van der Waals surface area contributed by atoms with Crippen LogP contribution in [0.4, 0.5) is 0 Å². The Hall–Kier alpha value is -0.650. The number of nitrogens with zero attached hydrogens (tertiary/aromatic N) is 1. The van der Waals surface area contributed by atoms with Gasteiger partial charge in [-0.15, -0.1) is 0 Å². The van der Waals surface area contributed by atoms with Gasteiger partial charge in [-0.3, -0.25) is 9.69 Å². The first-order chi connectivity index (χ1) is 9.20. The molecule has 1 amide bonds. The number of carbonyl (C=O) groups excluding carboxylic acids is 1. The normalized spacial score (nSPS) is 22.2. The van der Waals surface area contributed by atoms with E-state index in [9.17, 15) is 4.79 Å². The maximum atomic E-state index is 12.1. The van der Waals surface area contributed by atoms with Gasteiger partial charge in [-0.25, -0.2) is 0 Å². The second-order valence-corrected chi connectivity index (χ2v) is 5.26. The average Bonchev–Trinajstić information content (AvgIpc) is 2.43. The summed E-state index contributed by atoms with van der Waals surface area (Å²) in [6.45, 7) is 5.39. The molecular formula is C14H29N3O2. The summed E-state index contributed by atoms with van der Waals surface area (Å²) in [5.74, 6) is 0.138. The number of methoxy groups -OCH3 is 1. The van der Waals surface area contributed by atoms with Crippen molar-refractivity contribution in [3.8, 4) is 0 Å². The smallest absolute Gasteiger partial charge is 0.237 e. The van der Waals surface area contributed by atoms with E-state index in [0.29, 0.717) is 19.2 Å². The number of ether oxygens (including phenoxy) is 1. The Kier molecular flexibility index (Phi) is 8.02. The second-order valence-electron chi connectivity index (χ2n) is 5.26. The first-order valence-corrected chi connectivity index (χ1v) is 7.37. The SMILES string of the molecule is CNCC1CCCCN1C(C)C(=O)NCCCOC. The van der Waals surface area contributed by atoms with Crippen LogP contribution in [0.3, 0.4) is 0 Å². The number of hydrogen-bond donors (Lipinski definition) is 2. The van der Waals surface area contributed by atoms with Crippen molar-refractivity contribution in [2.24, 2.45) is 0 Å². The zero-order valence-corrected chi connectivity index (χ0v) is 12.6. The molecule has 112 valence electrons. The van der Waals surface area contributed by atoms with Gasteiger partial charge in [0.1, 0.15) is 0 Å². The van der Waals surface area contributed by atoms with Crippen molar-refractivity contribution in [2.75, 3.05) is 40.4 Å². The molecule has 2 N–H and O–H groups in total. The Morgan fingerprint density at radius 3 is 2.95 bits per heavy atom. The third-order valence-electron chi connectivity index (χ3n) is 3.81. The van der Waals surface area contributed by atoms with Crippen LogP contribution in [0.5, 0.6) is 0 Å². The maximum absolute atomic E-state index is 12.1. The summed E-state index contributed by atoms with van der Waals surface area (Å²) in [7, 11) is 3.66. The van der Waals surface area contributed by atoms with Crippen LogP contribution in [-0.2, 0) is 9.53 Å². The van der Waals surface area contributed by atoms with Gasteiger partial charge in [-0.1, -0.05) is 6.42 Å². The Bertz CT molecular complexity index is 259. The van der Waals surface area contributed by atoms with Crippen molar-refractivity contribution in [1.29, 1.82) is 0 Å². The van der Waals surface area contributed by atoms with E-state index in [1.165, 1.54) is 19.3 Å². The molecule has 0 saturated carbocycles. The lowest BCUT2D eigenvalue weighted by Gasteiger charge is -2.39. The minimum absolute atomic E-state index is 0.0406. The first-order valence-electron chi connectivity index (χ1n) is 7.37.